The van der Waals surface area contributed by atoms with E-state index in [0.29, 0.717) is 0 Å². The number of hydrogen-bond acceptors (Lipinski definition) is 5. The molecule has 3 rings (SSSR count). The highest BCUT2D eigenvalue weighted by atomic mass is 79.9. The van der Waals surface area contributed by atoms with Crippen LogP contribution in [0, 0.1) is 5.92 Å². The fourth-order valence-corrected chi connectivity index (χ4v) is 3.45. The molecule has 0 radical (unpaired) electrons. The van der Waals surface area contributed by atoms with Gasteiger partial charge < -0.3 is 0 Å². The van der Waals surface area contributed by atoms with E-state index in [1.54, 1.807) is 5.01 Å². The maximum Gasteiger partial charge on any atom is 0.256 e. The smallest absolute Gasteiger partial charge is 0.256 e. The van der Waals surface area contributed by atoms with Crippen LogP contribution in [0.4, 0.5) is 0 Å². The molecule has 0 aromatic carbocycles. The van der Waals surface area contributed by atoms with Gasteiger partial charge in [-0.1, -0.05) is 18.7 Å². The zero-order valence-electron chi connectivity index (χ0n) is 10.6. The lowest BCUT2D eigenvalue weighted by atomic mass is 9.83. The van der Waals surface area contributed by atoms with Crippen LogP contribution >= 0.6 is 28.7 Å². The largest absolute Gasteiger partial charge is 0.286 e. The summed E-state index contributed by atoms with van der Waals surface area (Å²) in [6.07, 6.45) is 4.40. The summed E-state index contributed by atoms with van der Waals surface area (Å²) in [6.45, 7) is 4.20. The summed E-state index contributed by atoms with van der Waals surface area (Å²) < 4.78 is 0. The highest BCUT2D eigenvalue weighted by Crippen LogP contribution is 2.35. The van der Waals surface area contributed by atoms with Crippen LogP contribution in [0.1, 0.15) is 39.5 Å². The van der Waals surface area contributed by atoms with E-state index in [0.717, 1.165) is 23.9 Å². The maximum atomic E-state index is 12.0. The summed E-state index contributed by atoms with van der Waals surface area (Å²) in [7, 11) is 0. The Kier molecular flexibility index (Phi) is 3.94. The average Bonchev–Trinajstić information content (AvgIpc) is 2.60. The standard InChI is InChI=1S/C11H18N4OS.BrH/c1-7-3-5-11(6-4-7)13-12-10-15(14-11)9(16)8(2)17-10;/h7-8,13-14H,3-6H2,1-2H3;1H. The first kappa shape index (κ1) is 14.1. The number of rotatable bonds is 0. The molecular weight excluding hydrogens is 316 g/mol. The van der Waals surface area contributed by atoms with E-state index in [-0.39, 0.29) is 33.8 Å². The van der Waals surface area contributed by atoms with Crippen LogP contribution in [-0.2, 0) is 4.79 Å². The molecule has 3 aliphatic rings. The predicted octanol–water partition coefficient (Wildman–Crippen LogP) is 1.81. The van der Waals surface area contributed by atoms with E-state index >= 15 is 0 Å². The SMILES string of the molecule is Br.CC1CCC2(CC1)NN=C1SC(C)C(=O)N1N2. The third-order valence-corrected chi connectivity index (χ3v) is 4.90. The molecule has 5 nitrogen and oxygen atoms in total. The second-order valence-corrected chi connectivity index (χ2v) is 6.62. The van der Waals surface area contributed by atoms with Gasteiger partial charge in [-0.15, -0.1) is 17.0 Å². The van der Waals surface area contributed by atoms with Crippen LogP contribution in [0.3, 0.4) is 0 Å². The van der Waals surface area contributed by atoms with Gasteiger partial charge in [-0.2, -0.15) is 10.5 Å². The van der Waals surface area contributed by atoms with Crippen molar-refractivity contribution < 1.29 is 4.79 Å². The minimum atomic E-state index is -0.198. The number of amides is 1. The number of amidine groups is 1. The molecule has 0 aromatic heterocycles. The topological polar surface area (TPSA) is 56.7 Å². The lowest BCUT2D eigenvalue weighted by molar-refractivity contribution is -0.131. The van der Waals surface area contributed by atoms with Crippen molar-refractivity contribution >= 4 is 39.8 Å². The Morgan fingerprint density at radius 2 is 2.06 bits per heavy atom. The molecule has 0 aromatic rings. The highest BCUT2D eigenvalue weighted by Gasteiger charge is 2.45. The molecule has 1 unspecified atom stereocenters. The molecule has 1 atom stereocenters. The van der Waals surface area contributed by atoms with Gasteiger partial charge in [0.1, 0.15) is 5.66 Å². The molecule has 1 aliphatic carbocycles. The molecule has 1 spiro atoms. The minimum absolute atomic E-state index is 0. The third-order valence-electron chi connectivity index (χ3n) is 3.86. The number of hydrogen-bond donors (Lipinski definition) is 2. The van der Waals surface area contributed by atoms with Gasteiger partial charge in [-0.05, 0) is 38.5 Å². The van der Waals surface area contributed by atoms with Gasteiger partial charge in [0.05, 0.1) is 5.25 Å². The highest BCUT2D eigenvalue weighted by molar-refractivity contribution is 8.93. The Labute approximate surface area is 122 Å². The molecule has 2 aliphatic heterocycles. The Hall–Kier alpha value is -0.270. The number of nitrogens with one attached hydrogen (secondary N) is 2. The monoisotopic (exact) mass is 334 g/mol. The summed E-state index contributed by atoms with van der Waals surface area (Å²) in [5.74, 6) is 0.894. The van der Waals surface area contributed by atoms with E-state index in [1.165, 1.54) is 24.6 Å². The zero-order chi connectivity index (χ0) is 12.0. The van der Waals surface area contributed by atoms with Gasteiger partial charge in [0.15, 0.2) is 0 Å². The second kappa shape index (κ2) is 5.02. The van der Waals surface area contributed by atoms with Crippen molar-refractivity contribution in [1.29, 1.82) is 0 Å². The Morgan fingerprint density at radius 1 is 1.39 bits per heavy atom. The molecule has 7 heteroatoms. The van der Waals surface area contributed by atoms with Crippen molar-refractivity contribution in [2.24, 2.45) is 11.0 Å². The number of thioether (sulfide) groups is 1. The van der Waals surface area contributed by atoms with Crippen LogP contribution in [0.5, 0.6) is 0 Å². The van der Waals surface area contributed by atoms with Gasteiger partial charge in [0.2, 0.25) is 5.17 Å². The quantitative estimate of drug-likeness (QED) is 0.709. The number of nitrogens with zero attached hydrogens (tertiary/aromatic N) is 2. The number of hydrazine groups is 1. The molecule has 1 saturated heterocycles. The first-order chi connectivity index (χ1) is 8.10. The lowest BCUT2D eigenvalue weighted by Crippen LogP contribution is -2.67. The molecule has 2 heterocycles. The summed E-state index contributed by atoms with van der Waals surface area (Å²) in [4.78, 5) is 12.0. The minimum Gasteiger partial charge on any atom is -0.286 e. The van der Waals surface area contributed by atoms with Crippen molar-refractivity contribution in [3.05, 3.63) is 0 Å². The van der Waals surface area contributed by atoms with Gasteiger partial charge >= 0.3 is 0 Å². The van der Waals surface area contributed by atoms with Gasteiger partial charge in [-0.3, -0.25) is 10.2 Å². The number of halogens is 1. The zero-order valence-corrected chi connectivity index (χ0v) is 13.1. The third kappa shape index (κ3) is 2.28. The molecule has 2 N–H and O–H groups in total. The van der Waals surface area contributed by atoms with Crippen LogP contribution in [-0.4, -0.2) is 27.0 Å². The molecule has 102 valence electrons. The summed E-state index contributed by atoms with van der Waals surface area (Å²) >= 11 is 1.51. The first-order valence-electron chi connectivity index (χ1n) is 6.23. The molecular formula is C11H19BrN4OS. The number of fused-ring (bicyclic) bond motifs is 1. The number of hydrazone groups is 1. The normalized spacial score (nSPS) is 38.9. The maximum absolute atomic E-state index is 12.0. The van der Waals surface area contributed by atoms with E-state index in [4.69, 9.17) is 0 Å². The van der Waals surface area contributed by atoms with Crippen molar-refractivity contribution in [1.82, 2.24) is 15.9 Å². The fraction of sp³-hybridized carbons (Fsp3) is 0.818. The van der Waals surface area contributed by atoms with Crippen molar-refractivity contribution in [3.8, 4) is 0 Å². The van der Waals surface area contributed by atoms with E-state index in [9.17, 15) is 4.79 Å². The summed E-state index contributed by atoms with van der Waals surface area (Å²) in [5.41, 5.74) is 6.38. The van der Waals surface area contributed by atoms with Crippen molar-refractivity contribution in [2.75, 3.05) is 0 Å². The van der Waals surface area contributed by atoms with Gasteiger partial charge in [0.25, 0.3) is 5.91 Å². The van der Waals surface area contributed by atoms with E-state index in [1.807, 2.05) is 6.92 Å². The van der Waals surface area contributed by atoms with Crippen LogP contribution in [0.15, 0.2) is 5.10 Å². The molecule has 1 amide bonds. The molecule has 18 heavy (non-hydrogen) atoms. The fourth-order valence-electron chi connectivity index (χ4n) is 2.59. The van der Waals surface area contributed by atoms with Gasteiger partial charge in [0, 0.05) is 0 Å². The van der Waals surface area contributed by atoms with Crippen molar-refractivity contribution in [3.63, 3.8) is 0 Å². The van der Waals surface area contributed by atoms with Crippen LogP contribution in [0.25, 0.3) is 0 Å². The van der Waals surface area contributed by atoms with Crippen molar-refractivity contribution in [2.45, 2.75) is 50.4 Å². The number of carbonyl (C=O) groups excluding carboxylic acids is 1. The van der Waals surface area contributed by atoms with E-state index < -0.39 is 0 Å². The first-order valence-corrected chi connectivity index (χ1v) is 7.11. The summed E-state index contributed by atoms with van der Waals surface area (Å²) in [5, 5.41) is 6.74. The van der Waals surface area contributed by atoms with E-state index in [2.05, 4.69) is 22.9 Å². The average molecular weight is 335 g/mol. The Balaban J connectivity index is 0.00000120. The van der Waals surface area contributed by atoms with Gasteiger partial charge in [-0.25, -0.2) is 5.01 Å². The molecule has 2 fully saturated rings. The molecule has 0 bridgehead atoms. The Morgan fingerprint density at radius 3 is 2.72 bits per heavy atom. The molecule has 1 saturated carbocycles. The number of carbonyl (C=O) groups is 1. The summed E-state index contributed by atoms with van der Waals surface area (Å²) in [6, 6.07) is 0. The second-order valence-electron chi connectivity index (χ2n) is 5.32. The van der Waals surface area contributed by atoms with Crippen LogP contribution in [0.2, 0.25) is 0 Å². The Bertz CT molecular complexity index is 381. The lowest BCUT2D eigenvalue weighted by Gasteiger charge is -2.44. The predicted molar refractivity (Wildman–Crippen MR) is 78.3 cm³/mol. The van der Waals surface area contributed by atoms with Crippen LogP contribution < -0.4 is 10.9 Å².